The average Bonchev–Trinajstić information content (AvgIpc) is 3.07. The Morgan fingerprint density at radius 3 is 2.64 bits per heavy atom. The molecule has 0 saturated heterocycles. The highest BCUT2D eigenvalue weighted by Crippen LogP contribution is 2.47. The molecule has 0 spiro atoms. The smallest absolute Gasteiger partial charge is 0.291 e. The van der Waals surface area contributed by atoms with Gasteiger partial charge in [0.15, 0.2) is 5.82 Å². The number of hydrogen-bond donors (Lipinski definition) is 0. The number of halogens is 2. The minimum Gasteiger partial charge on any atom is -0.497 e. The molecule has 1 aliphatic rings. The van der Waals surface area contributed by atoms with Crippen molar-refractivity contribution in [2.45, 2.75) is 30.2 Å². The predicted molar refractivity (Wildman–Crippen MR) is 102 cm³/mol. The van der Waals surface area contributed by atoms with E-state index in [0.717, 1.165) is 12.2 Å². The molecule has 9 heteroatoms. The van der Waals surface area contributed by atoms with Crippen molar-refractivity contribution in [2.75, 3.05) is 7.11 Å². The van der Waals surface area contributed by atoms with E-state index in [0.29, 0.717) is 46.5 Å². The number of thioether (sulfide) groups is 1. The van der Waals surface area contributed by atoms with Crippen LogP contribution in [0.4, 0.5) is 8.78 Å². The fourth-order valence-electron chi connectivity index (χ4n) is 2.91. The summed E-state index contributed by atoms with van der Waals surface area (Å²) in [6.07, 6.45) is 2.61. The van der Waals surface area contributed by atoms with E-state index >= 15 is 0 Å². The van der Waals surface area contributed by atoms with Crippen LogP contribution in [0.15, 0.2) is 51.1 Å². The Bertz CT molecular complexity index is 984. The van der Waals surface area contributed by atoms with E-state index in [1.807, 2.05) is 12.1 Å². The molecular formula is C19H18F2N4O2S. The van der Waals surface area contributed by atoms with Gasteiger partial charge < -0.3 is 9.15 Å². The number of rotatable bonds is 7. The molecule has 1 saturated carbocycles. The minimum atomic E-state index is -2.63. The van der Waals surface area contributed by atoms with Crippen LogP contribution in [-0.2, 0) is 0 Å². The zero-order chi connectivity index (χ0) is 19.7. The maximum atomic E-state index is 12.9. The summed E-state index contributed by atoms with van der Waals surface area (Å²) in [5, 5.41) is 12.2. The van der Waals surface area contributed by atoms with Crippen molar-refractivity contribution in [2.24, 2.45) is 11.0 Å². The third-order valence-electron chi connectivity index (χ3n) is 4.58. The lowest BCUT2D eigenvalue weighted by Crippen LogP contribution is -1.98. The van der Waals surface area contributed by atoms with Crippen LogP contribution in [0, 0.1) is 5.92 Å². The van der Waals surface area contributed by atoms with Crippen LogP contribution >= 0.6 is 11.8 Å². The third kappa shape index (κ3) is 3.94. The second-order valence-electron chi connectivity index (χ2n) is 6.53. The van der Waals surface area contributed by atoms with Gasteiger partial charge in [-0.25, -0.2) is 0 Å². The van der Waals surface area contributed by atoms with Crippen LogP contribution in [0.5, 0.6) is 5.75 Å². The van der Waals surface area contributed by atoms with Gasteiger partial charge in [0.1, 0.15) is 17.3 Å². The van der Waals surface area contributed by atoms with E-state index in [1.54, 1.807) is 31.4 Å². The van der Waals surface area contributed by atoms with Crippen molar-refractivity contribution in [1.29, 1.82) is 0 Å². The molecule has 6 nitrogen and oxygen atoms in total. The van der Waals surface area contributed by atoms with Gasteiger partial charge in [-0.15, -0.1) is 10.2 Å². The van der Waals surface area contributed by atoms with Crippen LogP contribution in [0.3, 0.4) is 0 Å². The number of hydrogen-bond acceptors (Lipinski definition) is 6. The summed E-state index contributed by atoms with van der Waals surface area (Å²) in [5.74, 6) is 0.962. The first-order chi connectivity index (χ1) is 13.5. The number of methoxy groups -OCH3 is 1. The van der Waals surface area contributed by atoms with E-state index in [1.165, 1.54) is 10.9 Å². The summed E-state index contributed by atoms with van der Waals surface area (Å²) in [5.41, 5.74) is 0.679. The van der Waals surface area contributed by atoms with Crippen LogP contribution in [-0.4, -0.2) is 34.0 Å². The van der Waals surface area contributed by atoms with Gasteiger partial charge in [-0.3, -0.25) is 0 Å². The number of furan rings is 1. The standard InChI is InChI=1S/C19H18F2N4O2S/c1-11-9-15(11)16-8-7-14(27-16)10-22-25-17(23-24-19(25)28-18(20)21)12-3-5-13(26-2)6-4-12/h3-8,10-11,15,18H,9H2,1-2H3/b22-10-/t11-,15+/m1/s1. The first-order valence-corrected chi connectivity index (χ1v) is 9.62. The fraction of sp³-hybridized carbons (Fsp3) is 0.316. The maximum Gasteiger partial charge on any atom is 0.291 e. The highest BCUT2D eigenvalue weighted by molar-refractivity contribution is 7.99. The molecule has 0 aliphatic heterocycles. The van der Waals surface area contributed by atoms with E-state index in [2.05, 4.69) is 22.2 Å². The molecule has 2 atom stereocenters. The molecule has 0 amide bonds. The number of benzene rings is 1. The molecule has 1 aromatic carbocycles. The molecule has 146 valence electrons. The van der Waals surface area contributed by atoms with E-state index in [9.17, 15) is 8.78 Å². The van der Waals surface area contributed by atoms with Gasteiger partial charge in [0.25, 0.3) is 5.76 Å². The molecule has 1 fully saturated rings. The Morgan fingerprint density at radius 2 is 2.00 bits per heavy atom. The van der Waals surface area contributed by atoms with Gasteiger partial charge in [0, 0.05) is 11.5 Å². The topological polar surface area (TPSA) is 65.4 Å². The lowest BCUT2D eigenvalue weighted by Gasteiger charge is -2.05. The Balaban J connectivity index is 1.64. The molecule has 4 rings (SSSR count). The third-order valence-corrected chi connectivity index (χ3v) is 5.22. The second-order valence-corrected chi connectivity index (χ2v) is 7.49. The van der Waals surface area contributed by atoms with Gasteiger partial charge in [-0.2, -0.15) is 18.6 Å². The molecule has 0 N–H and O–H groups in total. The van der Waals surface area contributed by atoms with E-state index in [4.69, 9.17) is 9.15 Å². The number of aromatic nitrogens is 3. The quantitative estimate of drug-likeness (QED) is 0.415. The van der Waals surface area contributed by atoms with Crippen molar-refractivity contribution in [3.63, 3.8) is 0 Å². The van der Waals surface area contributed by atoms with E-state index < -0.39 is 5.76 Å². The van der Waals surface area contributed by atoms with Crippen LogP contribution in [0.25, 0.3) is 11.4 Å². The highest BCUT2D eigenvalue weighted by atomic mass is 32.2. The van der Waals surface area contributed by atoms with Crippen LogP contribution < -0.4 is 4.74 Å². The molecule has 2 aromatic heterocycles. The second kappa shape index (κ2) is 7.75. The first-order valence-electron chi connectivity index (χ1n) is 8.74. The minimum absolute atomic E-state index is 0.000312. The van der Waals surface area contributed by atoms with Crippen molar-refractivity contribution in [3.8, 4) is 17.1 Å². The first kappa shape index (κ1) is 18.7. The van der Waals surface area contributed by atoms with Gasteiger partial charge in [0.2, 0.25) is 5.16 Å². The summed E-state index contributed by atoms with van der Waals surface area (Å²) < 4.78 is 38.0. The van der Waals surface area contributed by atoms with E-state index in [-0.39, 0.29) is 5.16 Å². The van der Waals surface area contributed by atoms with Gasteiger partial charge >= 0.3 is 0 Å². The van der Waals surface area contributed by atoms with Crippen molar-refractivity contribution in [1.82, 2.24) is 14.9 Å². The molecular weight excluding hydrogens is 386 g/mol. The number of alkyl halides is 2. The van der Waals surface area contributed by atoms with Crippen LogP contribution in [0.1, 0.15) is 30.8 Å². The SMILES string of the molecule is COc1ccc(-c2nnc(SC(F)F)n2/N=C\c2ccc([C@H]3C[C@H]3C)o2)cc1. The Labute approximate surface area is 164 Å². The molecule has 1 aliphatic carbocycles. The summed E-state index contributed by atoms with van der Waals surface area (Å²) in [6, 6.07) is 10.8. The highest BCUT2D eigenvalue weighted by Gasteiger charge is 2.36. The monoisotopic (exact) mass is 404 g/mol. The Kier molecular flexibility index (Phi) is 5.17. The summed E-state index contributed by atoms with van der Waals surface area (Å²) in [6.45, 7) is 2.17. The van der Waals surface area contributed by atoms with Crippen molar-refractivity contribution in [3.05, 3.63) is 47.9 Å². The molecule has 28 heavy (non-hydrogen) atoms. The molecule has 0 unspecified atom stereocenters. The van der Waals surface area contributed by atoms with Gasteiger partial charge in [-0.1, -0.05) is 6.92 Å². The predicted octanol–water partition coefficient (Wildman–Crippen LogP) is 4.87. The zero-order valence-electron chi connectivity index (χ0n) is 15.3. The van der Waals surface area contributed by atoms with Crippen molar-refractivity contribution >= 4 is 18.0 Å². The Hall–Kier alpha value is -2.68. The maximum absolute atomic E-state index is 12.9. The summed E-state index contributed by atoms with van der Waals surface area (Å²) in [7, 11) is 1.57. The lowest BCUT2D eigenvalue weighted by atomic mass is 10.2. The molecule has 2 heterocycles. The number of nitrogens with zero attached hydrogens (tertiary/aromatic N) is 4. The Morgan fingerprint density at radius 1 is 1.25 bits per heavy atom. The largest absolute Gasteiger partial charge is 0.497 e. The average molecular weight is 404 g/mol. The van der Waals surface area contributed by atoms with Gasteiger partial charge in [0.05, 0.1) is 13.3 Å². The zero-order valence-corrected chi connectivity index (χ0v) is 16.1. The summed E-state index contributed by atoms with van der Waals surface area (Å²) >= 11 is 0.291. The number of ether oxygens (including phenoxy) is 1. The fourth-order valence-corrected chi connectivity index (χ4v) is 3.39. The summed E-state index contributed by atoms with van der Waals surface area (Å²) in [4.78, 5) is 0. The molecule has 3 aromatic rings. The molecule has 0 radical (unpaired) electrons. The van der Waals surface area contributed by atoms with Crippen LogP contribution in [0.2, 0.25) is 0 Å². The lowest BCUT2D eigenvalue weighted by molar-refractivity contribution is 0.251. The van der Waals surface area contributed by atoms with Crippen molar-refractivity contribution < 1.29 is 17.9 Å². The molecule has 0 bridgehead atoms. The normalized spacial score (nSPS) is 18.9. The van der Waals surface area contributed by atoms with Gasteiger partial charge in [-0.05, 0) is 60.5 Å².